The van der Waals surface area contributed by atoms with Crippen LogP contribution in [0.4, 0.5) is 8.78 Å². The molecule has 0 saturated heterocycles. The Kier molecular flexibility index (Phi) is 4.84. The van der Waals surface area contributed by atoms with Crippen LogP contribution < -0.4 is 4.74 Å². The van der Waals surface area contributed by atoms with E-state index >= 15 is 0 Å². The van der Waals surface area contributed by atoms with Gasteiger partial charge in [0.05, 0.1) is 0 Å². The van der Waals surface area contributed by atoms with Gasteiger partial charge in [0.25, 0.3) is 0 Å². The highest BCUT2D eigenvalue weighted by molar-refractivity contribution is 5.74. The molecule has 17 heavy (non-hydrogen) atoms. The minimum absolute atomic E-state index is 0.0237. The molecule has 0 aliphatic rings. The number of alkyl halides is 2. The van der Waals surface area contributed by atoms with Crippen molar-refractivity contribution < 1.29 is 28.2 Å². The van der Waals surface area contributed by atoms with Gasteiger partial charge in [0, 0.05) is 6.61 Å². The van der Waals surface area contributed by atoms with Crippen LogP contribution in [-0.4, -0.2) is 24.3 Å². The predicted octanol–water partition coefficient (Wildman–Crippen LogP) is 2.45. The van der Waals surface area contributed by atoms with Crippen LogP contribution in [0.1, 0.15) is 18.6 Å². The van der Waals surface area contributed by atoms with Crippen LogP contribution in [0.2, 0.25) is 0 Å². The number of carboxylic acid groups (broad SMARTS) is 1. The van der Waals surface area contributed by atoms with Crippen LogP contribution in [0.15, 0.2) is 24.3 Å². The number of hydrogen-bond acceptors (Lipinski definition) is 3. The molecule has 0 fully saturated rings. The van der Waals surface area contributed by atoms with Crippen molar-refractivity contribution in [3.05, 3.63) is 29.8 Å². The molecule has 1 atom stereocenters. The summed E-state index contributed by atoms with van der Waals surface area (Å²) < 4.78 is 32.9. The Labute approximate surface area is 96.8 Å². The Bertz CT molecular complexity index is 364. The number of carbonyl (C=O) groups is 1. The van der Waals surface area contributed by atoms with E-state index in [0.717, 1.165) is 0 Å². The Balaban J connectivity index is 2.80. The second-order valence-corrected chi connectivity index (χ2v) is 3.12. The molecule has 0 saturated carbocycles. The number of ether oxygens (including phenoxy) is 2. The Morgan fingerprint density at radius 2 is 1.94 bits per heavy atom. The van der Waals surface area contributed by atoms with Gasteiger partial charge in [0.1, 0.15) is 5.75 Å². The van der Waals surface area contributed by atoms with E-state index in [9.17, 15) is 13.6 Å². The molecule has 1 unspecified atom stereocenters. The van der Waals surface area contributed by atoms with Crippen molar-refractivity contribution in [2.45, 2.75) is 19.6 Å². The first-order chi connectivity index (χ1) is 8.04. The highest BCUT2D eigenvalue weighted by Gasteiger charge is 2.19. The number of rotatable bonds is 6. The summed E-state index contributed by atoms with van der Waals surface area (Å²) in [6.07, 6.45) is -1.10. The first-order valence-electron chi connectivity index (χ1n) is 4.93. The Morgan fingerprint density at radius 1 is 1.35 bits per heavy atom. The monoisotopic (exact) mass is 246 g/mol. The molecule has 1 rings (SSSR count). The predicted molar refractivity (Wildman–Crippen MR) is 55.1 cm³/mol. The molecule has 0 heterocycles. The summed E-state index contributed by atoms with van der Waals surface area (Å²) in [5.41, 5.74) is 0.376. The van der Waals surface area contributed by atoms with Crippen LogP contribution >= 0.6 is 0 Å². The molecule has 1 aromatic carbocycles. The summed E-state index contributed by atoms with van der Waals surface area (Å²) in [6, 6.07) is 5.31. The second kappa shape index (κ2) is 6.15. The smallest absolute Gasteiger partial charge is 0.387 e. The summed E-state index contributed by atoms with van der Waals surface area (Å²) in [5, 5.41) is 8.90. The molecule has 6 heteroatoms. The molecule has 0 aromatic heterocycles. The molecule has 1 N–H and O–H groups in total. The van der Waals surface area contributed by atoms with Crippen LogP contribution in [0.25, 0.3) is 0 Å². The van der Waals surface area contributed by atoms with Crippen molar-refractivity contribution in [1.82, 2.24) is 0 Å². The largest absolute Gasteiger partial charge is 0.479 e. The summed E-state index contributed by atoms with van der Waals surface area (Å²) >= 11 is 0. The van der Waals surface area contributed by atoms with Gasteiger partial charge in [-0.05, 0) is 24.6 Å². The van der Waals surface area contributed by atoms with Crippen LogP contribution in [0, 0.1) is 0 Å². The minimum Gasteiger partial charge on any atom is -0.479 e. The van der Waals surface area contributed by atoms with E-state index in [0.29, 0.717) is 5.56 Å². The summed E-state index contributed by atoms with van der Waals surface area (Å²) in [5.74, 6) is -1.15. The van der Waals surface area contributed by atoms with Gasteiger partial charge in [-0.3, -0.25) is 0 Å². The minimum atomic E-state index is -2.90. The molecule has 94 valence electrons. The third-order valence-electron chi connectivity index (χ3n) is 1.97. The van der Waals surface area contributed by atoms with Gasteiger partial charge in [-0.2, -0.15) is 8.78 Å². The van der Waals surface area contributed by atoms with Gasteiger partial charge in [0.2, 0.25) is 0 Å². The zero-order valence-electron chi connectivity index (χ0n) is 9.10. The highest BCUT2D eigenvalue weighted by atomic mass is 19.3. The van der Waals surface area contributed by atoms with E-state index in [1.165, 1.54) is 24.3 Å². The van der Waals surface area contributed by atoms with Gasteiger partial charge in [-0.25, -0.2) is 4.79 Å². The molecule has 0 amide bonds. The van der Waals surface area contributed by atoms with Crippen molar-refractivity contribution >= 4 is 5.97 Å². The Hall–Kier alpha value is -1.69. The van der Waals surface area contributed by atoms with Gasteiger partial charge in [0.15, 0.2) is 6.10 Å². The van der Waals surface area contributed by atoms with E-state index in [1.807, 2.05) is 0 Å². The molecular weight excluding hydrogens is 234 g/mol. The fraction of sp³-hybridized carbons (Fsp3) is 0.364. The molecule has 0 spiro atoms. The lowest BCUT2D eigenvalue weighted by Crippen LogP contribution is -2.15. The number of hydrogen-bond donors (Lipinski definition) is 1. The molecular formula is C11H12F2O4. The van der Waals surface area contributed by atoms with Crippen molar-refractivity contribution in [2.24, 2.45) is 0 Å². The van der Waals surface area contributed by atoms with Crippen LogP contribution in [-0.2, 0) is 9.53 Å². The Morgan fingerprint density at radius 3 is 2.35 bits per heavy atom. The molecule has 0 bridgehead atoms. The number of halogens is 2. The average molecular weight is 246 g/mol. The molecule has 0 radical (unpaired) electrons. The summed E-state index contributed by atoms with van der Waals surface area (Å²) in [7, 11) is 0. The van der Waals surface area contributed by atoms with E-state index in [-0.39, 0.29) is 12.4 Å². The number of aliphatic carboxylic acids is 1. The van der Waals surface area contributed by atoms with Gasteiger partial charge >= 0.3 is 12.6 Å². The highest BCUT2D eigenvalue weighted by Crippen LogP contribution is 2.22. The number of carboxylic acids is 1. The van der Waals surface area contributed by atoms with Crippen molar-refractivity contribution in [3.63, 3.8) is 0 Å². The quantitative estimate of drug-likeness (QED) is 0.837. The van der Waals surface area contributed by atoms with E-state index in [2.05, 4.69) is 4.74 Å². The fourth-order valence-corrected chi connectivity index (χ4v) is 1.30. The molecule has 4 nitrogen and oxygen atoms in total. The van der Waals surface area contributed by atoms with Gasteiger partial charge in [-0.1, -0.05) is 12.1 Å². The van der Waals surface area contributed by atoms with Crippen LogP contribution in [0.5, 0.6) is 5.75 Å². The molecule has 0 aliphatic heterocycles. The molecule has 0 aliphatic carbocycles. The lowest BCUT2D eigenvalue weighted by atomic mass is 10.1. The van der Waals surface area contributed by atoms with Crippen molar-refractivity contribution in [2.75, 3.05) is 6.61 Å². The zero-order valence-corrected chi connectivity index (χ0v) is 9.10. The maximum absolute atomic E-state index is 11.9. The maximum atomic E-state index is 11.9. The lowest BCUT2D eigenvalue weighted by Gasteiger charge is -2.13. The third kappa shape index (κ3) is 3.99. The summed E-state index contributed by atoms with van der Waals surface area (Å²) in [4.78, 5) is 10.9. The second-order valence-electron chi connectivity index (χ2n) is 3.12. The van der Waals surface area contributed by atoms with Crippen molar-refractivity contribution in [1.29, 1.82) is 0 Å². The van der Waals surface area contributed by atoms with E-state index < -0.39 is 18.7 Å². The first kappa shape index (κ1) is 13.4. The average Bonchev–Trinajstić information content (AvgIpc) is 2.26. The number of benzene rings is 1. The summed E-state index contributed by atoms with van der Waals surface area (Å²) in [6.45, 7) is -0.987. The normalized spacial score (nSPS) is 12.5. The standard InChI is InChI=1S/C11H12F2O4/c1-2-16-9(10(14)15)7-3-5-8(6-4-7)17-11(12)13/h3-6,9,11H,2H2,1H3,(H,14,15). The topological polar surface area (TPSA) is 55.8 Å². The SMILES string of the molecule is CCOC(C(=O)O)c1ccc(OC(F)F)cc1. The lowest BCUT2D eigenvalue weighted by molar-refractivity contribution is -0.150. The first-order valence-corrected chi connectivity index (χ1v) is 4.93. The van der Waals surface area contributed by atoms with E-state index in [1.54, 1.807) is 6.92 Å². The fourth-order valence-electron chi connectivity index (χ4n) is 1.30. The van der Waals surface area contributed by atoms with E-state index in [4.69, 9.17) is 9.84 Å². The third-order valence-corrected chi connectivity index (χ3v) is 1.97. The molecule has 1 aromatic rings. The van der Waals surface area contributed by atoms with Gasteiger partial charge < -0.3 is 14.6 Å². The van der Waals surface area contributed by atoms with Gasteiger partial charge in [-0.15, -0.1) is 0 Å². The maximum Gasteiger partial charge on any atom is 0.387 e. The van der Waals surface area contributed by atoms with Crippen LogP contribution in [0.3, 0.4) is 0 Å². The zero-order chi connectivity index (χ0) is 12.8. The van der Waals surface area contributed by atoms with Crippen molar-refractivity contribution in [3.8, 4) is 5.75 Å².